The van der Waals surface area contributed by atoms with Crippen LogP contribution in [-0.2, 0) is 0 Å². The Kier molecular flexibility index (Phi) is 2.22. The van der Waals surface area contributed by atoms with Crippen molar-refractivity contribution in [3.63, 3.8) is 0 Å². The fourth-order valence-electron chi connectivity index (χ4n) is 1.07. The van der Waals surface area contributed by atoms with Gasteiger partial charge in [-0.3, -0.25) is 0 Å². The molecular formula is C8H6INS2. The average Bonchev–Trinajstić information content (AvgIpc) is 2.30. The van der Waals surface area contributed by atoms with Gasteiger partial charge in [0.1, 0.15) is 0 Å². The third-order valence-corrected chi connectivity index (χ3v) is 3.86. The Hall–Kier alpha value is 0.0600. The number of hydrogen-bond donors (Lipinski definition) is 2. The Bertz CT molecular complexity index is 397. The molecule has 2 N–H and O–H groups in total. The lowest BCUT2D eigenvalue weighted by molar-refractivity contribution is 1.70. The zero-order valence-electron chi connectivity index (χ0n) is 6.04. The van der Waals surface area contributed by atoms with Gasteiger partial charge >= 0.3 is 0 Å². The zero-order valence-corrected chi connectivity index (χ0v) is 9.91. The minimum absolute atomic E-state index is 0.842. The molecule has 1 aromatic carbocycles. The molecule has 2 aromatic rings. The van der Waals surface area contributed by atoms with Gasteiger partial charge < -0.3 is 5.73 Å². The molecule has 0 amide bonds. The van der Waals surface area contributed by atoms with Gasteiger partial charge in [0.25, 0.3) is 0 Å². The molecule has 62 valence electrons. The summed E-state index contributed by atoms with van der Waals surface area (Å²) in [7, 11) is 0. The smallest absolute Gasteiger partial charge is 0.0580 e. The monoisotopic (exact) mass is 307 g/mol. The maximum Gasteiger partial charge on any atom is 0.0580 e. The highest BCUT2D eigenvalue weighted by atomic mass is 127. The highest BCUT2D eigenvalue weighted by Gasteiger charge is 2.02. The van der Waals surface area contributed by atoms with Gasteiger partial charge in [0.2, 0.25) is 0 Å². The van der Waals surface area contributed by atoms with E-state index in [1.807, 2.05) is 12.1 Å². The van der Waals surface area contributed by atoms with Crippen LogP contribution in [0.2, 0.25) is 0 Å². The minimum atomic E-state index is 0.842. The van der Waals surface area contributed by atoms with E-state index in [0.717, 1.165) is 13.5 Å². The minimum Gasteiger partial charge on any atom is -0.398 e. The second-order valence-corrected chi connectivity index (χ2v) is 5.53. The number of nitrogens with two attached hydrogens (primary N) is 1. The van der Waals surface area contributed by atoms with Crippen molar-refractivity contribution in [2.45, 2.75) is 4.21 Å². The van der Waals surface area contributed by atoms with E-state index in [-0.39, 0.29) is 0 Å². The third kappa shape index (κ3) is 1.43. The molecule has 12 heavy (non-hydrogen) atoms. The number of thiol groups is 1. The quantitative estimate of drug-likeness (QED) is 0.435. The summed E-state index contributed by atoms with van der Waals surface area (Å²) in [5.74, 6) is 0. The Labute approximate surface area is 93.5 Å². The number of nitrogen functional groups attached to an aromatic ring is 1. The molecule has 0 aliphatic heterocycles. The topological polar surface area (TPSA) is 26.0 Å². The van der Waals surface area contributed by atoms with Gasteiger partial charge in [-0.1, -0.05) is 0 Å². The van der Waals surface area contributed by atoms with Crippen molar-refractivity contribution in [1.29, 1.82) is 0 Å². The van der Waals surface area contributed by atoms with Crippen LogP contribution in [0, 0.1) is 3.57 Å². The largest absolute Gasteiger partial charge is 0.398 e. The van der Waals surface area contributed by atoms with Crippen molar-refractivity contribution in [1.82, 2.24) is 0 Å². The molecule has 0 aliphatic carbocycles. The lowest BCUT2D eigenvalue weighted by Gasteiger charge is -1.96. The molecule has 0 aliphatic rings. The van der Waals surface area contributed by atoms with Crippen LogP contribution in [0.3, 0.4) is 0 Å². The van der Waals surface area contributed by atoms with Crippen molar-refractivity contribution in [3.8, 4) is 0 Å². The molecule has 0 fully saturated rings. The number of anilines is 1. The van der Waals surface area contributed by atoms with Crippen molar-refractivity contribution < 1.29 is 0 Å². The first-order valence-electron chi connectivity index (χ1n) is 3.34. The molecule has 0 spiro atoms. The Morgan fingerprint density at radius 2 is 2.08 bits per heavy atom. The van der Waals surface area contributed by atoms with E-state index in [0.29, 0.717) is 0 Å². The van der Waals surface area contributed by atoms with Crippen LogP contribution >= 0.6 is 46.6 Å². The molecule has 1 heterocycles. The molecule has 0 bridgehead atoms. The Morgan fingerprint density at radius 1 is 1.33 bits per heavy atom. The summed E-state index contributed by atoms with van der Waals surface area (Å²) in [4.78, 5) is 0. The standard InChI is InChI=1S/C8H6INS2/c9-5-3-7-4(1-6(5)10)2-8(11)12-7/h1-3,11H,10H2. The predicted octanol–water partition coefficient (Wildman–Crippen LogP) is 3.38. The summed E-state index contributed by atoms with van der Waals surface area (Å²) in [6, 6.07) is 6.12. The molecule has 0 atom stereocenters. The van der Waals surface area contributed by atoms with Gasteiger partial charge in [-0.25, -0.2) is 0 Å². The summed E-state index contributed by atoms with van der Waals surface area (Å²) < 4.78 is 3.39. The van der Waals surface area contributed by atoms with Crippen LogP contribution in [0.4, 0.5) is 5.69 Å². The highest BCUT2D eigenvalue weighted by Crippen LogP contribution is 2.31. The maximum absolute atomic E-state index is 5.77. The normalized spacial score (nSPS) is 10.8. The van der Waals surface area contributed by atoms with Gasteiger partial charge in [-0.2, -0.15) is 0 Å². The highest BCUT2D eigenvalue weighted by molar-refractivity contribution is 14.1. The second kappa shape index (κ2) is 3.08. The SMILES string of the molecule is Nc1cc2cc(S)sc2cc1I. The first-order chi connectivity index (χ1) is 5.66. The van der Waals surface area contributed by atoms with Gasteiger partial charge in [0.15, 0.2) is 0 Å². The molecule has 0 unspecified atom stereocenters. The number of fused-ring (bicyclic) bond motifs is 1. The first-order valence-corrected chi connectivity index (χ1v) is 5.68. The van der Waals surface area contributed by atoms with E-state index in [1.54, 1.807) is 11.3 Å². The van der Waals surface area contributed by atoms with Crippen LogP contribution in [0.1, 0.15) is 0 Å². The van der Waals surface area contributed by atoms with E-state index in [4.69, 9.17) is 5.73 Å². The van der Waals surface area contributed by atoms with Crippen LogP contribution in [0.5, 0.6) is 0 Å². The molecule has 1 nitrogen and oxygen atoms in total. The van der Waals surface area contributed by atoms with E-state index < -0.39 is 0 Å². The fourth-order valence-corrected chi connectivity index (χ4v) is 3.00. The lowest BCUT2D eigenvalue weighted by atomic mass is 10.2. The van der Waals surface area contributed by atoms with Crippen molar-refractivity contribution in [2.75, 3.05) is 5.73 Å². The maximum atomic E-state index is 5.77. The third-order valence-electron chi connectivity index (χ3n) is 1.62. The van der Waals surface area contributed by atoms with Crippen molar-refractivity contribution in [3.05, 3.63) is 21.8 Å². The molecule has 2 rings (SSSR count). The van der Waals surface area contributed by atoms with Crippen LogP contribution in [0.25, 0.3) is 10.1 Å². The Morgan fingerprint density at radius 3 is 2.83 bits per heavy atom. The summed E-state index contributed by atoms with van der Waals surface area (Å²) in [5.41, 5.74) is 6.61. The van der Waals surface area contributed by atoms with E-state index in [2.05, 4.69) is 41.3 Å². The van der Waals surface area contributed by atoms with E-state index in [1.165, 1.54) is 10.1 Å². The Balaban J connectivity index is 2.83. The van der Waals surface area contributed by atoms with Crippen LogP contribution in [-0.4, -0.2) is 0 Å². The molecule has 0 saturated carbocycles. The number of rotatable bonds is 0. The predicted molar refractivity (Wildman–Crippen MR) is 66.2 cm³/mol. The zero-order chi connectivity index (χ0) is 8.72. The molecule has 1 aromatic heterocycles. The van der Waals surface area contributed by atoms with Gasteiger partial charge in [-0.15, -0.1) is 24.0 Å². The van der Waals surface area contributed by atoms with Gasteiger partial charge in [0.05, 0.1) is 4.21 Å². The van der Waals surface area contributed by atoms with Crippen molar-refractivity contribution >= 4 is 62.3 Å². The van der Waals surface area contributed by atoms with E-state index >= 15 is 0 Å². The number of hydrogen-bond acceptors (Lipinski definition) is 3. The fraction of sp³-hybridized carbons (Fsp3) is 0. The average molecular weight is 307 g/mol. The molecule has 0 saturated heterocycles. The summed E-state index contributed by atoms with van der Waals surface area (Å²) in [5, 5.41) is 1.18. The molecule has 4 heteroatoms. The van der Waals surface area contributed by atoms with Crippen LogP contribution in [0.15, 0.2) is 22.4 Å². The van der Waals surface area contributed by atoms with Crippen molar-refractivity contribution in [2.24, 2.45) is 0 Å². The number of halogens is 1. The second-order valence-electron chi connectivity index (χ2n) is 2.50. The molecule has 0 radical (unpaired) electrons. The molecular weight excluding hydrogens is 301 g/mol. The van der Waals surface area contributed by atoms with Gasteiger partial charge in [-0.05, 0) is 46.2 Å². The number of thiophene rings is 1. The summed E-state index contributed by atoms with van der Waals surface area (Å²) in [6.45, 7) is 0. The lowest BCUT2D eigenvalue weighted by Crippen LogP contribution is -1.86. The number of benzene rings is 1. The van der Waals surface area contributed by atoms with Crippen LogP contribution < -0.4 is 5.73 Å². The summed E-state index contributed by atoms with van der Waals surface area (Å²) in [6.07, 6.45) is 0. The van der Waals surface area contributed by atoms with E-state index in [9.17, 15) is 0 Å². The van der Waals surface area contributed by atoms with Gasteiger partial charge in [0, 0.05) is 14.0 Å². The summed E-state index contributed by atoms with van der Waals surface area (Å²) >= 11 is 8.20. The first kappa shape index (κ1) is 8.65.